The summed E-state index contributed by atoms with van der Waals surface area (Å²) >= 11 is 0. The zero-order valence-corrected chi connectivity index (χ0v) is 12.8. The maximum atomic E-state index is 12.4. The minimum Gasteiger partial charge on any atom is -0.465 e. The van der Waals surface area contributed by atoms with E-state index in [9.17, 15) is 9.59 Å². The van der Waals surface area contributed by atoms with E-state index < -0.39 is 0 Å². The van der Waals surface area contributed by atoms with Crippen LogP contribution in [0.15, 0.2) is 83.5 Å². The highest BCUT2D eigenvalue weighted by atomic mass is 16.3. The summed E-state index contributed by atoms with van der Waals surface area (Å²) in [5, 5.41) is 2.73. The molecule has 0 aliphatic carbocycles. The molecular weight excluding hydrogens is 302 g/mol. The Bertz CT molecular complexity index is 865. The summed E-state index contributed by atoms with van der Waals surface area (Å²) in [5.41, 5.74) is 1.69. The Balaban J connectivity index is 1.71. The minimum atomic E-state index is -0.296. The van der Waals surface area contributed by atoms with Crippen molar-refractivity contribution in [3.05, 3.63) is 96.0 Å². The Hall–Kier alpha value is -3.40. The summed E-state index contributed by atoms with van der Waals surface area (Å²) in [6.45, 7) is 0. The van der Waals surface area contributed by atoms with Gasteiger partial charge in [0.1, 0.15) is 5.76 Å². The van der Waals surface area contributed by atoms with Crippen LogP contribution in [0, 0.1) is 0 Å². The van der Waals surface area contributed by atoms with Crippen molar-refractivity contribution in [1.29, 1.82) is 0 Å². The van der Waals surface area contributed by atoms with Crippen LogP contribution in [0.25, 0.3) is 6.08 Å². The van der Waals surface area contributed by atoms with Gasteiger partial charge in [0.2, 0.25) is 5.91 Å². The maximum Gasteiger partial charge on any atom is 0.248 e. The SMILES string of the molecule is O=C(C=Cc1ccco1)Nc1cccc(C(=O)c2ccccc2)c1. The van der Waals surface area contributed by atoms with Crippen molar-refractivity contribution in [2.24, 2.45) is 0 Å². The molecule has 2 aromatic carbocycles. The van der Waals surface area contributed by atoms with Crippen LogP contribution in [0.2, 0.25) is 0 Å². The predicted octanol–water partition coefficient (Wildman–Crippen LogP) is 4.16. The van der Waals surface area contributed by atoms with Gasteiger partial charge in [-0.1, -0.05) is 42.5 Å². The lowest BCUT2D eigenvalue weighted by Gasteiger charge is -2.05. The number of anilines is 1. The second-order valence-corrected chi connectivity index (χ2v) is 5.11. The highest BCUT2D eigenvalue weighted by Crippen LogP contribution is 2.15. The normalized spacial score (nSPS) is 10.7. The van der Waals surface area contributed by atoms with Crippen molar-refractivity contribution >= 4 is 23.5 Å². The fourth-order valence-electron chi connectivity index (χ4n) is 2.22. The monoisotopic (exact) mass is 317 g/mol. The van der Waals surface area contributed by atoms with Crippen LogP contribution in [0.1, 0.15) is 21.7 Å². The van der Waals surface area contributed by atoms with Gasteiger partial charge in [0.25, 0.3) is 0 Å². The summed E-state index contributed by atoms with van der Waals surface area (Å²) < 4.78 is 5.12. The number of nitrogens with one attached hydrogen (secondary N) is 1. The number of hydrogen-bond acceptors (Lipinski definition) is 3. The van der Waals surface area contributed by atoms with Crippen LogP contribution in [-0.2, 0) is 4.79 Å². The van der Waals surface area contributed by atoms with Crippen LogP contribution in [0.4, 0.5) is 5.69 Å². The molecule has 0 spiro atoms. The smallest absolute Gasteiger partial charge is 0.248 e. The van der Waals surface area contributed by atoms with Crippen molar-refractivity contribution in [3.63, 3.8) is 0 Å². The average molecular weight is 317 g/mol. The Kier molecular flexibility index (Phi) is 4.68. The van der Waals surface area contributed by atoms with Crippen LogP contribution in [0.5, 0.6) is 0 Å². The molecule has 4 nitrogen and oxygen atoms in total. The number of carbonyl (C=O) groups is 2. The molecule has 3 aromatic rings. The predicted molar refractivity (Wildman–Crippen MR) is 92.7 cm³/mol. The highest BCUT2D eigenvalue weighted by molar-refractivity contribution is 6.10. The van der Waals surface area contributed by atoms with Crippen molar-refractivity contribution < 1.29 is 14.0 Å². The largest absolute Gasteiger partial charge is 0.465 e. The average Bonchev–Trinajstić information content (AvgIpc) is 3.14. The van der Waals surface area contributed by atoms with Gasteiger partial charge < -0.3 is 9.73 Å². The van der Waals surface area contributed by atoms with Crippen molar-refractivity contribution in [1.82, 2.24) is 0 Å². The van der Waals surface area contributed by atoms with E-state index in [2.05, 4.69) is 5.32 Å². The summed E-state index contributed by atoms with van der Waals surface area (Å²) in [5.74, 6) is 0.215. The van der Waals surface area contributed by atoms with Gasteiger partial charge in [-0.15, -0.1) is 0 Å². The quantitative estimate of drug-likeness (QED) is 0.568. The zero-order chi connectivity index (χ0) is 16.8. The zero-order valence-electron chi connectivity index (χ0n) is 12.8. The minimum absolute atomic E-state index is 0.0853. The summed E-state index contributed by atoms with van der Waals surface area (Å²) in [6.07, 6.45) is 4.50. The number of benzene rings is 2. The van der Waals surface area contributed by atoms with Gasteiger partial charge in [-0.05, 0) is 30.3 Å². The molecule has 1 heterocycles. The van der Waals surface area contributed by atoms with Crippen molar-refractivity contribution in [2.75, 3.05) is 5.32 Å². The van der Waals surface area contributed by atoms with Gasteiger partial charge in [-0.3, -0.25) is 9.59 Å². The van der Waals surface area contributed by atoms with Crippen LogP contribution in [0.3, 0.4) is 0 Å². The van der Waals surface area contributed by atoms with E-state index in [0.717, 1.165) is 0 Å². The molecule has 118 valence electrons. The van der Waals surface area contributed by atoms with Gasteiger partial charge in [0.05, 0.1) is 6.26 Å². The van der Waals surface area contributed by atoms with E-state index in [1.54, 1.807) is 54.6 Å². The van der Waals surface area contributed by atoms with E-state index in [-0.39, 0.29) is 11.7 Å². The molecule has 0 saturated carbocycles. The van der Waals surface area contributed by atoms with E-state index in [1.165, 1.54) is 12.3 Å². The number of furan rings is 1. The standard InChI is InChI=1S/C20H15NO3/c22-19(12-11-18-10-5-13-24-18)21-17-9-4-8-16(14-17)20(23)15-6-2-1-3-7-15/h1-14H,(H,21,22). The molecule has 0 aliphatic heterocycles. The van der Waals surface area contributed by atoms with Crippen molar-refractivity contribution in [2.45, 2.75) is 0 Å². The molecule has 0 bridgehead atoms. The molecule has 3 rings (SSSR count). The summed E-state index contributed by atoms with van der Waals surface area (Å²) in [7, 11) is 0. The molecule has 1 aromatic heterocycles. The fourth-order valence-corrected chi connectivity index (χ4v) is 2.22. The molecule has 4 heteroatoms. The molecule has 0 fully saturated rings. The number of ketones is 1. The van der Waals surface area contributed by atoms with E-state index in [0.29, 0.717) is 22.6 Å². The van der Waals surface area contributed by atoms with Crippen LogP contribution in [-0.4, -0.2) is 11.7 Å². The third kappa shape index (κ3) is 3.87. The van der Waals surface area contributed by atoms with E-state index >= 15 is 0 Å². The van der Waals surface area contributed by atoms with Crippen LogP contribution < -0.4 is 5.32 Å². The molecule has 0 aliphatic rings. The first-order valence-corrected chi connectivity index (χ1v) is 7.45. The number of rotatable bonds is 5. The first-order chi connectivity index (χ1) is 11.7. The van der Waals surface area contributed by atoms with E-state index in [4.69, 9.17) is 4.42 Å². The topological polar surface area (TPSA) is 59.3 Å². The maximum absolute atomic E-state index is 12.4. The van der Waals surface area contributed by atoms with Gasteiger partial charge >= 0.3 is 0 Å². The fraction of sp³-hybridized carbons (Fsp3) is 0. The molecule has 24 heavy (non-hydrogen) atoms. The third-order valence-electron chi connectivity index (χ3n) is 3.37. The molecule has 0 atom stereocenters. The Morgan fingerprint density at radius 3 is 2.42 bits per heavy atom. The number of amides is 1. The lowest BCUT2D eigenvalue weighted by atomic mass is 10.0. The van der Waals surface area contributed by atoms with Gasteiger partial charge in [-0.25, -0.2) is 0 Å². The second kappa shape index (κ2) is 7.24. The second-order valence-electron chi connectivity index (χ2n) is 5.11. The third-order valence-corrected chi connectivity index (χ3v) is 3.37. The molecule has 0 saturated heterocycles. The lowest BCUT2D eigenvalue weighted by molar-refractivity contribution is -0.111. The van der Waals surface area contributed by atoms with Gasteiger partial charge in [-0.2, -0.15) is 0 Å². The Labute approximate surface area is 139 Å². The first-order valence-electron chi connectivity index (χ1n) is 7.45. The summed E-state index contributed by atoms with van der Waals surface area (Å²) in [4.78, 5) is 24.4. The lowest BCUT2D eigenvalue weighted by Crippen LogP contribution is -2.09. The first kappa shape index (κ1) is 15.5. The number of carbonyl (C=O) groups excluding carboxylic acids is 2. The number of hydrogen-bond donors (Lipinski definition) is 1. The molecule has 0 unspecified atom stereocenters. The Morgan fingerprint density at radius 2 is 1.67 bits per heavy atom. The van der Waals surface area contributed by atoms with E-state index in [1.807, 2.05) is 18.2 Å². The molecule has 1 amide bonds. The summed E-state index contributed by atoms with van der Waals surface area (Å²) in [6, 6.07) is 19.4. The van der Waals surface area contributed by atoms with Gasteiger partial charge in [0.15, 0.2) is 5.78 Å². The van der Waals surface area contributed by atoms with Crippen LogP contribution >= 0.6 is 0 Å². The molecule has 0 radical (unpaired) electrons. The molecule has 1 N–H and O–H groups in total. The van der Waals surface area contributed by atoms with Crippen molar-refractivity contribution in [3.8, 4) is 0 Å². The van der Waals surface area contributed by atoms with Gasteiger partial charge in [0, 0.05) is 22.9 Å². The molecular formula is C20H15NO3. The Morgan fingerprint density at radius 1 is 0.875 bits per heavy atom. The highest BCUT2D eigenvalue weighted by Gasteiger charge is 2.09.